The zero-order chi connectivity index (χ0) is 8.55. The molecule has 62 valence electrons. The van der Waals surface area contributed by atoms with Crippen LogP contribution in [0.3, 0.4) is 0 Å². The van der Waals surface area contributed by atoms with E-state index < -0.39 is 0 Å². The van der Waals surface area contributed by atoms with E-state index in [9.17, 15) is 4.79 Å². The number of carbonyl (C=O) groups excluding carboxylic acids is 1. The Balaban J connectivity index is 2.41. The standard InChI is InChI=1S/C9H7ClO2/c10-5-6-1-2-8-7(3-6)4-9(11)12-8/h1-3H,4-5H2. The van der Waals surface area contributed by atoms with Crippen LogP contribution in [-0.2, 0) is 17.1 Å². The maximum Gasteiger partial charge on any atom is 0.315 e. The minimum atomic E-state index is -0.184. The van der Waals surface area contributed by atoms with E-state index in [1.807, 2.05) is 12.1 Å². The lowest BCUT2D eigenvalue weighted by atomic mass is 10.1. The van der Waals surface area contributed by atoms with Crippen molar-refractivity contribution in [2.75, 3.05) is 0 Å². The molecule has 0 amide bonds. The second kappa shape index (κ2) is 2.79. The first-order chi connectivity index (χ1) is 5.79. The maximum absolute atomic E-state index is 10.8. The molecule has 1 heterocycles. The third-order valence-corrected chi connectivity index (χ3v) is 2.15. The molecule has 0 N–H and O–H groups in total. The van der Waals surface area contributed by atoms with Crippen LogP contribution in [0.2, 0.25) is 0 Å². The molecule has 1 aliphatic heterocycles. The van der Waals surface area contributed by atoms with E-state index in [0.717, 1.165) is 11.1 Å². The first-order valence-corrected chi connectivity index (χ1v) is 4.21. The number of fused-ring (bicyclic) bond motifs is 1. The van der Waals surface area contributed by atoms with Crippen molar-refractivity contribution in [2.45, 2.75) is 12.3 Å². The molecular weight excluding hydrogens is 176 g/mol. The summed E-state index contributed by atoms with van der Waals surface area (Å²) < 4.78 is 4.92. The SMILES string of the molecule is O=C1Cc2cc(CCl)ccc2O1. The monoisotopic (exact) mass is 182 g/mol. The number of benzene rings is 1. The number of carbonyl (C=O) groups is 1. The smallest absolute Gasteiger partial charge is 0.315 e. The number of hydrogen-bond acceptors (Lipinski definition) is 2. The van der Waals surface area contributed by atoms with Gasteiger partial charge in [-0.05, 0) is 11.6 Å². The highest BCUT2D eigenvalue weighted by Gasteiger charge is 2.19. The van der Waals surface area contributed by atoms with Crippen LogP contribution in [0.25, 0.3) is 0 Å². The molecule has 3 heteroatoms. The Kier molecular flexibility index (Phi) is 1.77. The molecule has 0 spiro atoms. The lowest BCUT2D eigenvalue weighted by molar-refractivity contribution is -0.131. The summed E-state index contributed by atoms with van der Waals surface area (Å²) in [7, 11) is 0. The molecular formula is C9H7ClO2. The van der Waals surface area contributed by atoms with Gasteiger partial charge in [0, 0.05) is 11.4 Å². The van der Waals surface area contributed by atoms with E-state index in [4.69, 9.17) is 16.3 Å². The van der Waals surface area contributed by atoms with Gasteiger partial charge < -0.3 is 4.74 Å². The van der Waals surface area contributed by atoms with Crippen molar-refractivity contribution in [3.05, 3.63) is 29.3 Å². The summed E-state index contributed by atoms with van der Waals surface area (Å²) in [6.45, 7) is 0. The molecule has 0 aliphatic carbocycles. The third-order valence-electron chi connectivity index (χ3n) is 1.84. The van der Waals surface area contributed by atoms with Crippen molar-refractivity contribution < 1.29 is 9.53 Å². The molecule has 0 radical (unpaired) electrons. The zero-order valence-corrected chi connectivity index (χ0v) is 7.10. The highest BCUT2D eigenvalue weighted by molar-refractivity contribution is 6.17. The van der Waals surface area contributed by atoms with E-state index in [1.54, 1.807) is 6.07 Å². The normalized spacial score (nSPS) is 14.2. The topological polar surface area (TPSA) is 26.3 Å². The number of alkyl halides is 1. The lowest BCUT2D eigenvalue weighted by Gasteiger charge is -1.98. The van der Waals surface area contributed by atoms with Crippen molar-refractivity contribution >= 4 is 17.6 Å². The fraction of sp³-hybridized carbons (Fsp3) is 0.222. The Morgan fingerprint density at radius 1 is 1.50 bits per heavy atom. The molecule has 0 aromatic heterocycles. The fourth-order valence-corrected chi connectivity index (χ4v) is 1.43. The van der Waals surface area contributed by atoms with Crippen LogP contribution in [0.4, 0.5) is 0 Å². The molecule has 2 nitrogen and oxygen atoms in total. The molecule has 1 aliphatic rings. The van der Waals surface area contributed by atoms with Gasteiger partial charge in [0.2, 0.25) is 0 Å². The van der Waals surface area contributed by atoms with Crippen LogP contribution in [0, 0.1) is 0 Å². The van der Waals surface area contributed by atoms with Crippen molar-refractivity contribution in [1.82, 2.24) is 0 Å². The van der Waals surface area contributed by atoms with Gasteiger partial charge in [-0.1, -0.05) is 12.1 Å². The van der Waals surface area contributed by atoms with Gasteiger partial charge in [-0.15, -0.1) is 11.6 Å². The van der Waals surface area contributed by atoms with Crippen LogP contribution in [0.5, 0.6) is 5.75 Å². The van der Waals surface area contributed by atoms with Gasteiger partial charge >= 0.3 is 5.97 Å². The second-order valence-corrected chi connectivity index (χ2v) is 2.99. The summed E-state index contributed by atoms with van der Waals surface area (Å²) in [5, 5.41) is 0. The zero-order valence-electron chi connectivity index (χ0n) is 6.34. The fourth-order valence-electron chi connectivity index (χ4n) is 1.27. The van der Waals surface area contributed by atoms with Gasteiger partial charge in [-0.2, -0.15) is 0 Å². The highest BCUT2D eigenvalue weighted by Crippen LogP contribution is 2.26. The van der Waals surface area contributed by atoms with Gasteiger partial charge in [-0.3, -0.25) is 4.79 Å². The first-order valence-electron chi connectivity index (χ1n) is 3.68. The Labute approximate surface area is 75.1 Å². The number of rotatable bonds is 1. The lowest BCUT2D eigenvalue weighted by Crippen LogP contribution is -2.00. The molecule has 0 saturated carbocycles. The van der Waals surface area contributed by atoms with Crippen LogP contribution in [-0.4, -0.2) is 5.97 Å². The summed E-state index contributed by atoms with van der Waals surface area (Å²) >= 11 is 5.64. The quantitative estimate of drug-likeness (QED) is 0.377. The molecule has 1 aromatic rings. The highest BCUT2D eigenvalue weighted by atomic mass is 35.5. The Bertz CT molecular complexity index is 333. The van der Waals surface area contributed by atoms with Gasteiger partial charge in [0.05, 0.1) is 6.42 Å². The predicted octanol–water partition coefficient (Wildman–Crippen LogP) is 1.89. The van der Waals surface area contributed by atoms with Gasteiger partial charge in [0.1, 0.15) is 5.75 Å². The van der Waals surface area contributed by atoms with E-state index in [2.05, 4.69) is 0 Å². The van der Waals surface area contributed by atoms with Gasteiger partial charge in [0.15, 0.2) is 0 Å². The van der Waals surface area contributed by atoms with Gasteiger partial charge in [0.25, 0.3) is 0 Å². The number of esters is 1. The second-order valence-electron chi connectivity index (χ2n) is 2.73. The predicted molar refractivity (Wildman–Crippen MR) is 45.3 cm³/mol. The largest absolute Gasteiger partial charge is 0.426 e. The molecule has 0 atom stereocenters. The number of ether oxygens (including phenoxy) is 1. The Hall–Kier alpha value is -1.02. The average Bonchev–Trinajstić information content (AvgIpc) is 2.43. The Morgan fingerprint density at radius 3 is 3.08 bits per heavy atom. The van der Waals surface area contributed by atoms with Gasteiger partial charge in [-0.25, -0.2) is 0 Å². The molecule has 12 heavy (non-hydrogen) atoms. The summed E-state index contributed by atoms with van der Waals surface area (Å²) in [5.41, 5.74) is 1.96. The van der Waals surface area contributed by atoms with Crippen molar-refractivity contribution in [2.24, 2.45) is 0 Å². The maximum atomic E-state index is 10.8. The third kappa shape index (κ3) is 1.18. The summed E-state index contributed by atoms with van der Waals surface area (Å²) in [6, 6.07) is 5.57. The number of hydrogen-bond donors (Lipinski definition) is 0. The number of halogens is 1. The first kappa shape index (κ1) is 7.62. The van der Waals surface area contributed by atoms with E-state index >= 15 is 0 Å². The van der Waals surface area contributed by atoms with Crippen molar-refractivity contribution in [3.8, 4) is 5.75 Å². The minimum Gasteiger partial charge on any atom is -0.426 e. The van der Waals surface area contributed by atoms with E-state index in [-0.39, 0.29) is 5.97 Å². The molecule has 0 fully saturated rings. The van der Waals surface area contributed by atoms with Crippen LogP contribution in [0.1, 0.15) is 11.1 Å². The van der Waals surface area contributed by atoms with E-state index in [0.29, 0.717) is 18.1 Å². The van der Waals surface area contributed by atoms with Crippen molar-refractivity contribution in [1.29, 1.82) is 0 Å². The average molecular weight is 183 g/mol. The van der Waals surface area contributed by atoms with Crippen LogP contribution < -0.4 is 4.74 Å². The van der Waals surface area contributed by atoms with Crippen LogP contribution in [0.15, 0.2) is 18.2 Å². The Morgan fingerprint density at radius 2 is 2.33 bits per heavy atom. The van der Waals surface area contributed by atoms with E-state index in [1.165, 1.54) is 0 Å². The molecule has 0 saturated heterocycles. The minimum absolute atomic E-state index is 0.184. The summed E-state index contributed by atoms with van der Waals surface area (Å²) in [6.07, 6.45) is 0.375. The van der Waals surface area contributed by atoms with Crippen LogP contribution >= 0.6 is 11.6 Å². The molecule has 1 aromatic carbocycles. The van der Waals surface area contributed by atoms with Crippen molar-refractivity contribution in [3.63, 3.8) is 0 Å². The summed E-state index contributed by atoms with van der Waals surface area (Å²) in [5.74, 6) is 0.965. The summed E-state index contributed by atoms with van der Waals surface area (Å²) in [4.78, 5) is 10.8. The molecule has 0 unspecified atom stereocenters. The molecule has 2 rings (SSSR count). The molecule has 0 bridgehead atoms.